The van der Waals surface area contributed by atoms with E-state index in [1.54, 1.807) is 30.0 Å². The van der Waals surface area contributed by atoms with Crippen LogP contribution in [0, 0.1) is 19.3 Å². The van der Waals surface area contributed by atoms with E-state index in [2.05, 4.69) is 33.4 Å². The number of thiocarbonyl (C=S) groups is 1. The standard InChI is InChI=1S/C26H23FN6O2S/c1-16(8-11-28-3)14-31-23(34)20-7-6-18(13-21(20)27)33-25(36)32(24(35)26(33)9-5-10-26)19-12-17(2)22(29-4)30-15-19/h6-8,11-13,15H,1,3,5,9-10,14H2,2H3,(H,31,34)/b11-8-. The lowest BCUT2D eigenvalue weighted by Crippen LogP contribution is -2.55. The summed E-state index contributed by atoms with van der Waals surface area (Å²) in [7, 11) is 0. The highest BCUT2D eigenvalue weighted by molar-refractivity contribution is 7.81. The van der Waals surface area contributed by atoms with Crippen LogP contribution in [0.25, 0.3) is 4.85 Å². The van der Waals surface area contributed by atoms with Crippen LogP contribution in [0.15, 0.2) is 59.9 Å². The van der Waals surface area contributed by atoms with Crippen LogP contribution in [0.5, 0.6) is 0 Å². The Kier molecular flexibility index (Phi) is 6.77. The third kappa shape index (κ3) is 4.18. The van der Waals surface area contributed by atoms with Crippen molar-refractivity contribution in [2.45, 2.75) is 31.7 Å². The molecule has 2 aliphatic rings. The van der Waals surface area contributed by atoms with Gasteiger partial charge in [0.15, 0.2) is 5.11 Å². The molecule has 0 atom stereocenters. The van der Waals surface area contributed by atoms with Crippen molar-refractivity contribution >= 4 is 53.1 Å². The third-order valence-electron chi connectivity index (χ3n) is 6.34. The first-order valence-electron chi connectivity index (χ1n) is 11.1. The Morgan fingerprint density at radius 2 is 2.14 bits per heavy atom. The van der Waals surface area contributed by atoms with Crippen LogP contribution in [-0.4, -0.2) is 40.7 Å². The smallest absolute Gasteiger partial charge is 0.272 e. The number of hydrogen-bond donors (Lipinski definition) is 1. The van der Waals surface area contributed by atoms with E-state index in [0.29, 0.717) is 35.4 Å². The summed E-state index contributed by atoms with van der Waals surface area (Å²) in [5, 5.41) is 2.81. The number of aryl methyl sites for hydroxylation is 1. The Morgan fingerprint density at radius 3 is 2.72 bits per heavy atom. The number of nitrogens with zero attached hydrogens (tertiary/aromatic N) is 5. The first-order chi connectivity index (χ1) is 17.2. The normalized spacial score (nSPS) is 16.2. The van der Waals surface area contributed by atoms with Crippen molar-refractivity contribution in [3.8, 4) is 0 Å². The zero-order valence-electron chi connectivity index (χ0n) is 19.6. The van der Waals surface area contributed by atoms with Crippen LogP contribution in [0.3, 0.4) is 0 Å². The number of carbonyl (C=O) groups is 2. The highest BCUT2D eigenvalue weighted by Crippen LogP contribution is 2.48. The van der Waals surface area contributed by atoms with Crippen molar-refractivity contribution in [3.63, 3.8) is 0 Å². The molecule has 1 aromatic carbocycles. The van der Waals surface area contributed by atoms with Crippen molar-refractivity contribution < 1.29 is 14.0 Å². The third-order valence-corrected chi connectivity index (χ3v) is 6.71. The van der Waals surface area contributed by atoms with Gasteiger partial charge < -0.3 is 15.1 Å². The van der Waals surface area contributed by atoms with Gasteiger partial charge in [-0.15, -0.1) is 4.98 Å². The van der Waals surface area contributed by atoms with Crippen LogP contribution >= 0.6 is 12.2 Å². The zero-order valence-corrected chi connectivity index (χ0v) is 20.4. The Hall–Kier alpha value is -4.23. The van der Waals surface area contributed by atoms with Crippen molar-refractivity contribution in [1.29, 1.82) is 0 Å². The summed E-state index contributed by atoms with van der Waals surface area (Å²) in [5.74, 6) is -1.29. The van der Waals surface area contributed by atoms with E-state index >= 15 is 4.39 Å². The molecule has 8 nitrogen and oxygen atoms in total. The summed E-state index contributed by atoms with van der Waals surface area (Å²) in [4.78, 5) is 40.3. The van der Waals surface area contributed by atoms with Crippen LogP contribution in [-0.2, 0) is 4.79 Å². The number of aliphatic imine (C=N–C) groups is 1. The molecule has 1 saturated heterocycles. The van der Waals surface area contributed by atoms with Crippen molar-refractivity contribution in [3.05, 3.63) is 83.3 Å². The van der Waals surface area contributed by atoms with Crippen molar-refractivity contribution in [2.75, 3.05) is 16.3 Å². The summed E-state index contributed by atoms with van der Waals surface area (Å²) in [6, 6.07) is 5.88. The minimum atomic E-state index is -0.914. The van der Waals surface area contributed by atoms with Gasteiger partial charge in [-0.1, -0.05) is 13.2 Å². The maximum Gasteiger partial charge on any atom is 0.272 e. The van der Waals surface area contributed by atoms with Gasteiger partial charge in [-0.25, -0.2) is 4.39 Å². The second-order valence-corrected chi connectivity index (χ2v) is 8.96. The van der Waals surface area contributed by atoms with Gasteiger partial charge in [-0.3, -0.25) is 19.5 Å². The second-order valence-electron chi connectivity index (χ2n) is 8.59. The molecule has 0 bridgehead atoms. The molecule has 2 amide bonds. The fraction of sp³-hybridized carbons (Fsp3) is 0.231. The number of pyridine rings is 1. The van der Waals surface area contributed by atoms with E-state index in [1.165, 1.54) is 29.4 Å². The SMILES string of the molecule is [C-]#[N+]c1ncc(N2C(=O)C3(CCC3)N(c3ccc(C(=O)NCC(=C)/C=C\N=C)c(F)c3)C2=S)cc1C. The van der Waals surface area contributed by atoms with Gasteiger partial charge >= 0.3 is 0 Å². The van der Waals surface area contributed by atoms with Gasteiger partial charge in [-0.05, 0) is 86.6 Å². The van der Waals surface area contributed by atoms with Gasteiger partial charge in [0.05, 0.1) is 11.3 Å². The molecule has 0 unspecified atom stereocenters. The molecule has 1 saturated carbocycles. The van der Waals surface area contributed by atoms with Gasteiger partial charge in [0.2, 0.25) is 0 Å². The Labute approximate surface area is 213 Å². The predicted octanol–water partition coefficient (Wildman–Crippen LogP) is 4.64. The van der Waals surface area contributed by atoms with E-state index in [9.17, 15) is 9.59 Å². The lowest BCUT2D eigenvalue weighted by atomic mass is 9.75. The number of rotatable bonds is 7. The average molecular weight is 503 g/mol. The lowest BCUT2D eigenvalue weighted by molar-refractivity contribution is -0.123. The van der Waals surface area contributed by atoms with Gasteiger partial charge in [0.25, 0.3) is 17.6 Å². The molecular formula is C26H23FN6O2S. The molecule has 1 aliphatic heterocycles. The summed E-state index contributed by atoms with van der Waals surface area (Å²) >= 11 is 5.70. The number of amides is 2. The molecule has 0 radical (unpaired) electrons. The quantitative estimate of drug-likeness (QED) is 0.258. The number of aromatic nitrogens is 1. The summed E-state index contributed by atoms with van der Waals surface area (Å²) in [5.41, 5.74) is 0.998. The van der Waals surface area contributed by atoms with E-state index in [4.69, 9.17) is 18.8 Å². The van der Waals surface area contributed by atoms with Crippen LogP contribution in [0.4, 0.5) is 21.6 Å². The average Bonchev–Trinajstić information content (AvgIpc) is 3.07. The van der Waals surface area contributed by atoms with Crippen LogP contribution < -0.4 is 15.1 Å². The first-order valence-corrected chi connectivity index (χ1v) is 11.5. The fourth-order valence-corrected chi connectivity index (χ4v) is 4.80. The minimum Gasteiger partial charge on any atom is -0.360 e. The maximum atomic E-state index is 15.1. The Morgan fingerprint density at radius 1 is 1.39 bits per heavy atom. The minimum absolute atomic E-state index is 0.120. The van der Waals surface area contributed by atoms with Gasteiger partial charge in [-0.2, -0.15) is 0 Å². The molecule has 4 rings (SSSR count). The van der Waals surface area contributed by atoms with E-state index < -0.39 is 17.3 Å². The Bertz CT molecular complexity index is 1370. The molecule has 10 heteroatoms. The molecule has 2 fully saturated rings. The highest BCUT2D eigenvalue weighted by Gasteiger charge is 2.59. The number of carbonyl (C=O) groups excluding carboxylic acids is 2. The molecule has 1 aromatic heterocycles. The van der Waals surface area contributed by atoms with Crippen LogP contribution in [0.2, 0.25) is 0 Å². The Balaban J connectivity index is 1.62. The van der Waals surface area contributed by atoms with Crippen LogP contribution in [0.1, 0.15) is 35.2 Å². The number of hydrogen-bond acceptors (Lipinski definition) is 5. The monoisotopic (exact) mass is 502 g/mol. The molecule has 1 aliphatic carbocycles. The van der Waals surface area contributed by atoms with Gasteiger partial charge in [0.1, 0.15) is 17.6 Å². The molecule has 2 aromatic rings. The van der Waals surface area contributed by atoms with E-state index in [1.807, 2.05) is 0 Å². The fourth-order valence-electron chi connectivity index (χ4n) is 4.33. The van der Waals surface area contributed by atoms with E-state index in [0.717, 1.165) is 6.42 Å². The van der Waals surface area contributed by atoms with Gasteiger partial charge in [0, 0.05) is 18.4 Å². The number of benzene rings is 1. The molecule has 1 spiro atoms. The second kappa shape index (κ2) is 9.79. The maximum absolute atomic E-state index is 15.1. The number of nitrogens with one attached hydrogen (secondary N) is 1. The topological polar surface area (TPSA) is 82.3 Å². The summed E-state index contributed by atoms with van der Waals surface area (Å²) in [6.07, 6.45) is 6.44. The highest BCUT2D eigenvalue weighted by atomic mass is 32.1. The molecular weight excluding hydrogens is 479 g/mol. The number of anilines is 2. The molecule has 2 heterocycles. The summed E-state index contributed by atoms with van der Waals surface area (Å²) < 4.78 is 15.1. The molecule has 1 N–H and O–H groups in total. The zero-order chi connectivity index (χ0) is 26.0. The predicted molar refractivity (Wildman–Crippen MR) is 141 cm³/mol. The molecule has 182 valence electrons. The molecule has 36 heavy (non-hydrogen) atoms. The van der Waals surface area contributed by atoms with Crippen molar-refractivity contribution in [1.82, 2.24) is 10.3 Å². The van der Waals surface area contributed by atoms with Crippen molar-refractivity contribution in [2.24, 2.45) is 4.99 Å². The number of halogens is 1. The lowest BCUT2D eigenvalue weighted by Gasteiger charge is -2.43. The largest absolute Gasteiger partial charge is 0.360 e. The first kappa shape index (κ1) is 24.9. The van der Waals surface area contributed by atoms with E-state index in [-0.39, 0.29) is 28.9 Å². The summed E-state index contributed by atoms with van der Waals surface area (Å²) in [6.45, 7) is 16.2.